The van der Waals surface area contributed by atoms with Gasteiger partial charge in [-0.15, -0.1) is 0 Å². The average molecular weight is 357 g/mol. The first-order chi connectivity index (χ1) is 12.5. The molecule has 0 aliphatic heterocycles. The quantitative estimate of drug-likeness (QED) is 0.680. The van der Waals surface area contributed by atoms with Gasteiger partial charge in [0.25, 0.3) is 5.91 Å². The maximum absolute atomic E-state index is 12.1. The first kappa shape index (κ1) is 19.3. The summed E-state index contributed by atoms with van der Waals surface area (Å²) < 4.78 is 15.5. The van der Waals surface area contributed by atoms with Crippen molar-refractivity contribution in [1.29, 1.82) is 0 Å². The van der Waals surface area contributed by atoms with E-state index in [1.54, 1.807) is 27.3 Å². The lowest BCUT2D eigenvalue weighted by Gasteiger charge is -2.17. The lowest BCUT2D eigenvalue weighted by molar-refractivity contribution is -0.147. The van der Waals surface area contributed by atoms with Crippen molar-refractivity contribution in [3.8, 4) is 11.5 Å². The van der Waals surface area contributed by atoms with E-state index in [1.165, 1.54) is 4.90 Å². The van der Waals surface area contributed by atoms with E-state index >= 15 is 0 Å². The minimum absolute atomic E-state index is 0.178. The van der Waals surface area contributed by atoms with Crippen LogP contribution in [0.2, 0.25) is 0 Å². The van der Waals surface area contributed by atoms with Gasteiger partial charge in [0.15, 0.2) is 18.1 Å². The highest BCUT2D eigenvalue weighted by Crippen LogP contribution is 2.28. The number of amides is 1. The number of rotatable bonds is 8. The van der Waals surface area contributed by atoms with E-state index in [-0.39, 0.29) is 18.9 Å². The number of nitrogens with zero attached hydrogens (tertiary/aromatic N) is 1. The molecule has 0 unspecified atom stereocenters. The molecule has 0 radical (unpaired) electrons. The molecule has 2 rings (SSSR count). The third kappa shape index (κ3) is 5.24. The molecule has 0 aliphatic rings. The van der Waals surface area contributed by atoms with Crippen molar-refractivity contribution in [1.82, 2.24) is 0 Å². The van der Waals surface area contributed by atoms with E-state index in [1.807, 2.05) is 42.5 Å². The number of aryl methyl sites for hydroxylation is 1. The number of likely N-dealkylation sites (N-methyl/N-ethyl adjacent to an activating group) is 1. The van der Waals surface area contributed by atoms with E-state index in [9.17, 15) is 9.59 Å². The smallest absolute Gasteiger partial charge is 0.306 e. The molecular weight excluding hydrogens is 334 g/mol. The summed E-state index contributed by atoms with van der Waals surface area (Å²) in [5.74, 6) is 0.539. The first-order valence-corrected chi connectivity index (χ1v) is 8.23. The summed E-state index contributed by atoms with van der Waals surface area (Å²) in [4.78, 5) is 25.5. The van der Waals surface area contributed by atoms with Crippen LogP contribution < -0.4 is 14.4 Å². The molecular formula is C20H23NO5. The van der Waals surface area contributed by atoms with Gasteiger partial charge in [-0.05, 0) is 36.2 Å². The molecule has 0 atom stereocenters. The lowest BCUT2D eigenvalue weighted by Crippen LogP contribution is -2.31. The van der Waals surface area contributed by atoms with Crippen LogP contribution in [0.25, 0.3) is 0 Å². The summed E-state index contributed by atoms with van der Waals surface area (Å²) in [5, 5.41) is 0. The summed E-state index contributed by atoms with van der Waals surface area (Å²) in [6.45, 7) is -0.282. The molecule has 0 aliphatic carbocycles. The number of hydrogen-bond acceptors (Lipinski definition) is 5. The van der Waals surface area contributed by atoms with Crippen molar-refractivity contribution in [2.24, 2.45) is 0 Å². The molecule has 0 N–H and O–H groups in total. The number of carbonyl (C=O) groups excluding carboxylic acids is 2. The SMILES string of the molecule is COc1ccc(CCC(=O)OCC(=O)N(C)c2ccccc2)cc1OC. The van der Waals surface area contributed by atoms with Crippen molar-refractivity contribution in [2.75, 3.05) is 32.8 Å². The third-order valence-corrected chi connectivity index (χ3v) is 3.94. The topological polar surface area (TPSA) is 65.1 Å². The summed E-state index contributed by atoms with van der Waals surface area (Å²) in [5.41, 5.74) is 1.67. The Bertz CT molecular complexity index is 745. The van der Waals surface area contributed by atoms with Crippen LogP contribution in [0.4, 0.5) is 5.69 Å². The molecule has 0 heterocycles. The van der Waals surface area contributed by atoms with Gasteiger partial charge in [-0.3, -0.25) is 9.59 Å². The number of para-hydroxylation sites is 1. The van der Waals surface area contributed by atoms with Crippen LogP contribution in [-0.4, -0.2) is 39.8 Å². The van der Waals surface area contributed by atoms with Crippen molar-refractivity contribution in [3.05, 3.63) is 54.1 Å². The predicted molar refractivity (Wildman–Crippen MR) is 98.7 cm³/mol. The minimum Gasteiger partial charge on any atom is -0.493 e. The Balaban J connectivity index is 1.81. The van der Waals surface area contributed by atoms with E-state index in [2.05, 4.69) is 0 Å². The van der Waals surface area contributed by atoms with Crippen LogP contribution in [0, 0.1) is 0 Å². The number of carbonyl (C=O) groups is 2. The maximum atomic E-state index is 12.1. The molecule has 0 aromatic heterocycles. The zero-order valence-corrected chi connectivity index (χ0v) is 15.2. The van der Waals surface area contributed by atoms with E-state index in [4.69, 9.17) is 14.2 Å². The summed E-state index contributed by atoms with van der Waals surface area (Å²) >= 11 is 0. The molecule has 2 aromatic rings. The normalized spacial score (nSPS) is 10.1. The number of anilines is 1. The number of methoxy groups -OCH3 is 2. The fourth-order valence-corrected chi connectivity index (χ4v) is 2.39. The van der Waals surface area contributed by atoms with Crippen LogP contribution in [0.5, 0.6) is 11.5 Å². The Labute approximate surface area is 153 Å². The molecule has 0 bridgehead atoms. The number of ether oxygens (including phenoxy) is 3. The fourth-order valence-electron chi connectivity index (χ4n) is 2.39. The summed E-state index contributed by atoms with van der Waals surface area (Å²) in [6, 6.07) is 14.7. The number of benzene rings is 2. The van der Waals surface area contributed by atoms with Crippen molar-refractivity contribution < 1.29 is 23.8 Å². The second kappa shape index (κ2) is 9.46. The van der Waals surface area contributed by atoms with Gasteiger partial charge in [0.1, 0.15) is 0 Å². The Morgan fingerprint density at radius 1 is 0.962 bits per heavy atom. The monoisotopic (exact) mass is 357 g/mol. The minimum atomic E-state index is -0.422. The predicted octanol–water partition coefficient (Wildman–Crippen LogP) is 2.84. The largest absolute Gasteiger partial charge is 0.493 e. The molecule has 6 nitrogen and oxygen atoms in total. The van der Waals surface area contributed by atoms with E-state index < -0.39 is 5.97 Å². The number of hydrogen-bond donors (Lipinski definition) is 0. The average Bonchev–Trinajstić information content (AvgIpc) is 2.70. The number of esters is 1. The Hall–Kier alpha value is -3.02. The van der Waals surface area contributed by atoms with Crippen LogP contribution in [0.1, 0.15) is 12.0 Å². The summed E-state index contributed by atoms with van der Waals surface area (Å²) in [6.07, 6.45) is 0.666. The van der Waals surface area contributed by atoms with Crippen molar-refractivity contribution in [3.63, 3.8) is 0 Å². The first-order valence-electron chi connectivity index (χ1n) is 8.23. The highest BCUT2D eigenvalue weighted by molar-refractivity contribution is 5.94. The van der Waals surface area contributed by atoms with Gasteiger partial charge in [0.2, 0.25) is 0 Å². The van der Waals surface area contributed by atoms with Gasteiger partial charge in [-0.1, -0.05) is 24.3 Å². The molecule has 0 saturated carbocycles. The third-order valence-electron chi connectivity index (χ3n) is 3.94. The van der Waals surface area contributed by atoms with E-state index in [0.29, 0.717) is 17.9 Å². The Kier molecular flexibility index (Phi) is 7.02. The zero-order chi connectivity index (χ0) is 18.9. The van der Waals surface area contributed by atoms with Crippen molar-refractivity contribution in [2.45, 2.75) is 12.8 Å². The Morgan fingerprint density at radius 2 is 1.65 bits per heavy atom. The molecule has 0 saturated heterocycles. The summed E-state index contributed by atoms with van der Waals surface area (Å²) in [7, 11) is 4.78. The van der Waals surface area contributed by atoms with Crippen LogP contribution >= 0.6 is 0 Å². The van der Waals surface area contributed by atoms with Gasteiger partial charge in [-0.25, -0.2) is 0 Å². The van der Waals surface area contributed by atoms with E-state index in [0.717, 1.165) is 11.3 Å². The molecule has 26 heavy (non-hydrogen) atoms. The lowest BCUT2D eigenvalue weighted by atomic mass is 10.1. The molecule has 1 amide bonds. The molecule has 6 heteroatoms. The maximum Gasteiger partial charge on any atom is 0.306 e. The van der Waals surface area contributed by atoms with Gasteiger partial charge >= 0.3 is 5.97 Å². The van der Waals surface area contributed by atoms with Crippen LogP contribution in [0.3, 0.4) is 0 Å². The van der Waals surface area contributed by atoms with Crippen LogP contribution in [-0.2, 0) is 20.7 Å². The van der Waals surface area contributed by atoms with Gasteiger partial charge < -0.3 is 19.1 Å². The second-order valence-corrected chi connectivity index (χ2v) is 5.64. The molecule has 0 spiro atoms. The van der Waals surface area contributed by atoms with Crippen LogP contribution in [0.15, 0.2) is 48.5 Å². The Morgan fingerprint density at radius 3 is 2.31 bits per heavy atom. The highest BCUT2D eigenvalue weighted by Gasteiger charge is 2.14. The van der Waals surface area contributed by atoms with Gasteiger partial charge in [0.05, 0.1) is 14.2 Å². The molecule has 138 valence electrons. The molecule has 0 fully saturated rings. The highest BCUT2D eigenvalue weighted by atomic mass is 16.5. The second-order valence-electron chi connectivity index (χ2n) is 5.64. The zero-order valence-electron chi connectivity index (χ0n) is 15.2. The fraction of sp³-hybridized carbons (Fsp3) is 0.300. The molecule has 2 aromatic carbocycles. The van der Waals surface area contributed by atoms with Gasteiger partial charge in [-0.2, -0.15) is 0 Å². The van der Waals surface area contributed by atoms with Crippen molar-refractivity contribution >= 4 is 17.6 Å². The van der Waals surface area contributed by atoms with Gasteiger partial charge in [0, 0.05) is 19.2 Å². The standard InChI is InChI=1S/C20H23NO5/c1-21(16-7-5-4-6-8-16)19(22)14-26-20(23)12-10-15-9-11-17(24-2)18(13-15)25-3/h4-9,11,13H,10,12,14H2,1-3H3.